The Morgan fingerprint density at radius 3 is 1.11 bits per heavy atom. The highest BCUT2D eigenvalue weighted by Crippen LogP contribution is 2.18. The molecule has 0 aliphatic heterocycles. The van der Waals surface area contributed by atoms with Gasteiger partial charge in [-0.05, 0) is 25.7 Å². The highest BCUT2D eigenvalue weighted by atomic mass is 16.5. The number of ether oxygens (including phenoxy) is 1. The van der Waals surface area contributed by atoms with Crippen LogP contribution in [0.2, 0.25) is 0 Å². The van der Waals surface area contributed by atoms with Crippen molar-refractivity contribution in [1.82, 2.24) is 5.32 Å². The molecule has 0 spiro atoms. The maximum absolute atomic E-state index is 13.1. The number of nitrogens with one attached hydrogen (secondary N) is 1. The largest absolute Gasteiger partial charge is 0.462 e. The molecule has 0 radical (unpaired) electrons. The van der Waals surface area contributed by atoms with Crippen molar-refractivity contribution >= 4 is 11.9 Å². The molecule has 55 heavy (non-hydrogen) atoms. The molecule has 0 heterocycles. The first kappa shape index (κ1) is 53.9. The summed E-state index contributed by atoms with van der Waals surface area (Å²) in [4.78, 5) is 26.0. The number of aliphatic hydroxyl groups excluding tert-OH is 2. The predicted octanol–water partition coefficient (Wildman–Crippen LogP) is 14.4. The van der Waals surface area contributed by atoms with E-state index in [1.165, 1.54) is 193 Å². The second kappa shape index (κ2) is 44.0. The Hall–Kier alpha value is -1.14. The molecule has 0 bridgehead atoms. The minimum absolute atomic E-state index is 0.0872. The van der Waals surface area contributed by atoms with Gasteiger partial charge in [0.05, 0.1) is 25.2 Å². The van der Waals surface area contributed by atoms with Crippen LogP contribution in [0.1, 0.15) is 278 Å². The van der Waals surface area contributed by atoms with Gasteiger partial charge in [0.1, 0.15) is 6.10 Å². The lowest BCUT2D eigenvalue weighted by Gasteiger charge is -2.24. The van der Waals surface area contributed by atoms with E-state index < -0.39 is 18.2 Å². The van der Waals surface area contributed by atoms with Crippen molar-refractivity contribution in [2.24, 2.45) is 0 Å². The number of aliphatic hydroxyl groups is 2. The Bertz CT molecular complexity index is 791. The van der Waals surface area contributed by atoms with Gasteiger partial charge in [0.2, 0.25) is 5.91 Å². The monoisotopic (exact) mass is 780 g/mol. The van der Waals surface area contributed by atoms with Gasteiger partial charge in [-0.15, -0.1) is 0 Å². The summed E-state index contributed by atoms with van der Waals surface area (Å²) in [6, 6.07) is -0.690. The molecule has 6 nitrogen and oxygen atoms in total. The number of unbranched alkanes of at least 4 members (excludes halogenated alkanes) is 33. The first-order valence-corrected chi connectivity index (χ1v) is 24.8. The van der Waals surface area contributed by atoms with Crippen molar-refractivity contribution in [3.05, 3.63) is 0 Å². The molecule has 0 aromatic carbocycles. The highest BCUT2D eigenvalue weighted by molar-refractivity contribution is 5.77. The molecule has 0 fully saturated rings. The zero-order chi connectivity index (χ0) is 40.3. The third-order valence-electron chi connectivity index (χ3n) is 11.7. The van der Waals surface area contributed by atoms with Crippen molar-refractivity contribution < 1.29 is 24.5 Å². The maximum atomic E-state index is 13.1. The van der Waals surface area contributed by atoms with Crippen LogP contribution in [0.25, 0.3) is 0 Å². The predicted molar refractivity (Wildman–Crippen MR) is 237 cm³/mol. The second-order valence-electron chi connectivity index (χ2n) is 17.2. The SMILES string of the molecule is CCCCCCCCCCCCCCCC(=O)OC(CCCCCCCCCCCCC)CC(=O)NC(CO)C(O)CCCCCCCCCCCCCC. The van der Waals surface area contributed by atoms with Crippen LogP contribution < -0.4 is 5.32 Å². The van der Waals surface area contributed by atoms with Crippen molar-refractivity contribution in [3.63, 3.8) is 0 Å². The van der Waals surface area contributed by atoms with E-state index in [2.05, 4.69) is 26.1 Å². The van der Waals surface area contributed by atoms with E-state index in [1.807, 2.05) is 0 Å². The molecule has 6 heteroatoms. The number of carbonyl (C=O) groups is 2. The zero-order valence-corrected chi connectivity index (χ0v) is 37.3. The van der Waals surface area contributed by atoms with E-state index >= 15 is 0 Å². The van der Waals surface area contributed by atoms with Gasteiger partial charge < -0.3 is 20.3 Å². The van der Waals surface area contributed by atoms with E-state index in [0.29, 0.717) is 19.3 Å². The lowest BCUT2D eigenvalue weighted by molar-refractivity contribution is -0.151. The molecule has 0 aliphatic rings. The van der Waals surface area contributed by atoms with E-state index in [9.17, 15) is 19.8 Å². The first-order chi connectivity index (χ1) is 27.0. The second-order valence-corrected chi connectivity index (χ2v) is 17.2. The molecule has 0 saturated carbocycles. The summed E-state index contributed by atoms with van der Waals surface area (Å²) in [7, 11) is 0. The molecule has 0 aromatic rings. The highest BCUT2D eigenvalue weighted by Gasteiger charge is 2.24. The lowest BCUT2D eigenvalue weighted by atomic mass is 10.0. The van der Waals surface area contributed by atoms with Gasteiger partial charge in [0, 0.05) is 6.42 Å². The summed E-state index contributed by atoms with van der Waals surface area (Å²) >= 11 is 0. The molecule has 0 aromatic heterocycles. The summed E-state index contributed by atoms with van der Waals surface area (Å²) in [5.74, 6) is -0.454. The van der Waals surface area contributed by atoms with E-state index in [0.717, 1.165) is 38.5 Å². The van der Waals surface area contributed by atoms with Crippen LogP contribution in [0.15, 0.2) is 0 Å². The van der Waals surface area contributed by atoms with Crippen LogP contribution in [0.3, 0.4) is 0 Å². The van der Waals surface area contributed by atoms with Crippen molar-refractivity contribution in [2.45, 2.75) is 296 Å². The quantitative estimate of drug-likeness (QED) is 0.0422. The molecule has 0 aliphatic carbocycles. The Labute approximate surface area is 343 Å². The zero-order valence-electron chi connectivity index (χ0n) is 37.3. The average Bonchev–Trinajstić information content (AvgIpc) is 3.18. The van der Waals surface area contributed by atoms with Crippen LogP contribution in [-0.4, -0.2) is 46.9 Å². The average molecular weight is 780 g/mol. The van der Waals surface area contributed by atoms with Crippen LogP contribution in [0, 0.1) is 0 Å². The standard InChI is InChI=1S/C49H97NO5/c1-4-7-10-13-16-19-22-24-27-30-33-36-39-42-49(54)55-45(40-37-34-31-28-25-21-18-15-12-9-6-3)43-48(53)50-46(44-51)47(52)41-38-35-32-29-26-23-20-17-14-11-8-5-2/h45-47,51-52H,4-44H2,1-3H3,(H,50,53). The van der Waals surface area contributed by atoms with Crippen LogP contribution >= 0.6 is 0 Å². The Morgan fingerprint density at radius 1 is 0.455 bits per heavy atom. The van der Waals surface area contributed by atoms with Crippen molar-refractivity contribution in [1.29, 1.82) is 0 Å². The van der Waals surface area contributed by atoms with Gasteiger partial charge >= 0.3 is 5.97 Å². The van der Waals surface area contributed by atoms with Gasteiger partial charge in [0.25, 0.3) is 0 Å². The smallest absolute Gasteiger partial charge is 0.306 e. The summed E-state index contributed by atoms with van der Waals surface area (Å²) in [5, 5.41) is 23.7. The van der Waals surface area contributed by atoms with Gasteiger partial charge in [-0.25, -0.2) is 0 Å². The van der Waals surface area contributed by atoms with Gasteiger partial charge in [0.15, 0.2) is 0 Å². The van der Waals surface area contributed by atoms with E-state index in [4.69, 9.17) is 4.74 Å². The normalized spacial score (nSPS) is 13.2. The third-order valence-corrected chi connectivity index (χ3v) is 11.7. The number of hydrogen-bond donors (Lipinski definition) is 3. The maximum Gasteiger partial charge on any atom is 0.306 e. The van der Waals surface area contributed by atoms with Gasteiger partial charge in [-0.3, -0.25) is 9.59 Å². The molecule has 328 valence electrons. The number of carbonyl (C=O) groups excluding carboxylic acids is 2. The molecule has 0 rings (SSSR count). The minimum Gasteiger partial charge on any atom is -0.462 e. The molecule has 1 amide bonds. The third kappa shape index (κ3) is 39.5. The number of hydrogen-bond acceptors (Lipinski definition) is 5. The fourth-order valence-electron chi connectivity index (χ4n) is 7.90. The van der Waals surface area contributed by atoms with Gasteiger partial charge in [-0.1, -0.05) is 239 Å². The Balaban J connectivity index is 4.50. The van der Waals surface area contributed by atoms with E-state index in [1.54, 1.807) is 0 Å². The molecule has 0 saturated heterocycles. The molecular formula is C49H97NO5. The molecule has 3 unspecified atom stereocenters. The van der Waals surface area contributed by atoms with E-state index in [-0.39, 0.29) is 24.9 Å². The Kier molecular flexibility index (Phi) is 43.1. The van der Waals surface area contributed by atoms with Crippen molar-refractivity contribution in [3.8, 4) is 0 Å². The fourth-order valence-corrected chi connectivity index (χ4v) is 7.90. The fraction of sp³-hybridized carbons (Fsp3) is 0.959. The number of amides is 1. The van der Waals surface area contributed by atoms with Crippen LogP contribution in [-0.2, 0) is 14.3 Å². The van der Waals surface area contributed by atoms with Crippen LogP contribution in [0.5, 0.6) is 0 Å². The number of rotatable bonds is 45. The topological polar surface area (TPSA) is 95.9 Å². The Morgan fingerprint density at radius 2 is 0.764 bits per heavy atom. The van der Waals surface area contributed by atoms with Crippen molar-refractivity contribution in [2.75, 3.05) is 6.61 Å². The molecule has 3 N–H and O–H groups in total. The summed E-state index contributed by atoms with van der Waals surface area (Å²) in [6.07, 6.45) is 45.8. The summed E-state index contributed by atoms with van der Waals surface area (Å²) in [5.41, 5.74) is 0. The minimum atomic E-state index is -0.778. The molecule has 3 atom stereocenters. The molecular weight excluding hydrogens is 683 g/mol. The lowest BCUT2D eigenvalue weighted by Crippen LogP contribution is -2.46. The summed E-state index contributed by atoms with van der Waals surface area (Å²) < 4.78 is 5.92. The van der Waals surface area contributed by atoms with Gasteiger partial charge in [-0.2, -0.15) is 0 Å². The van der Waals surface area contributed by atoms with Crippen LogP contribution in [0.4, 0.5) is 0 Å². The number of esters is 1. The first-order valence-electron chi connectivity index (χ1n) is 24.8. The summed E-state index contributed by atoms with van der Waals surface area (Å²) in [6.45, 7) is 6.49.